The van der Waals surface area contributed by atoms with Crippen molar-refractivity contribution >= 4 is 0 Å². The molecule has 0 radical (unpaired) electrons. The zero-order valence-corrected chi connectivity index (χ0v) is 18.3. The van der Waals surface area contributed by atoms with Gasteiger partial charge < -0.3 is 8.83 Å². The number of rotatable bonds is 5. The minimum absolute atomic E-state index is 0.345. The Morgan fingerprint density at radius 2 is 0.647 bits per heavy atom. The molecule has 0 aliphatic heterocycles. The molecule has 6 rings (SSSR count). The molecule has 0 saturated heterocycles. The Hall–Kier alpha value is -4.70. The molecule has 4 heteroatoms. The highest BCUT2D eigenvalue weighted by Gasteiger charge is 2.24. The van der Waals surface area contributed by atoms with Gasteiger partial charge in [0.1, 0.15) is 11.4 Å². The van der Waals surface area contributed by atoms with Crippen LogP contribution in [0, 0.1) is 0 Å². The molecule has 0 N–H and O–H groups in total. The van der Waals surface area contributed by atoms with Gasteiger partial charge in [-0.3, -0.25) is 0 Å². The van der Waals surface area contributed by atoms with E-state index in [2.05, 4.69) is 0 Å². The third-order valence-electron chi connectivity index (χ3n) is 5.60. The molecule has 0 aliphatic carbocycles. The summed E-state index contributed by atoms with van der Waals surface area (Å²) in [7, 11) is 0. The van der Waals surface area contributed by atoms with Crippen LogP contribution in [0.25, 0.3) is 56.9 Å². The summed E-state index contributed by atoms with van der Waals surface area (Å²) in [6.45, 7) is 0. The normalized spacial score (nSPS) is 10.9. The summed E-state index contributed by atoms with van der Waals surface area (Å²) < 4.78 is 12.6. The second-order valence-corrected chi connectivity index (χ2v) is 7.86. The van der Waals surface area contributed by atoms with Gasteiger partial charge in [-0.25, -0.2) is 9.97 Å². The fraction of sp³-hybridized carbons (Fsp3) is 0. The lowest BCUT2D eigenvalue weighted by atomic mass is 10.1. The highest BCUT2D eigenvalue weighted by atomic mass is 16.4. The van der Waals surface area contributed by atoms with E-state index in [9.17, 15) is 0 Å². The van der Waals surface area contributed by atoms with Crippen molar-refractivity contribution in [3.63, 3.8) is 0 Å². The zero-order valence-electron chi connectivity index (χ0n) is 18.3. The molecule has 0 atom stereocenters. The second-order valence-electron chi connectivity index (χ2n) is 7.86. The summed E-state index contributed by atoms with van der Waals surface area (Å²) in [5.41, 5.74) is 5.32. The Kier molecular flexibility index (Phi) is 5.09. The Balaban J connectivity index is 1.54. The number of hydrogen-bond acceptors (Lipinski definition) is 4. The van der Waals surface area contributed by atoms with Crippen molar-refractivity contribution in [3.05, 3.63) is 121 Å². The van der Waals surface area contributed by atoms with Crippen LogP contribution in [-0.2, 0) is 0 Å². The van der Waals surface area contributed by atoms with Gasteiger partial charge in [-0.2, -0.15) is 0 Å². The molecular formula is C30H20N2O2. The standard InChI is InChI=1S/C30H20N2O2/c1-5-13-21(14-6-1)25-27(23-17-9-3-10-18-23)33-29(31-25)30-32-26(22-15-7-2-8-16-22)28(34-30)24-19-11-4-12-20-24/h1-20H. The molecule has 0 amide bonds. The van der Waals surface area contributed by atoms with Crippen molar-refractivity contribution in [2.45, 2.75) is 0 Å². The van der Waals surface area contributed by atoms with Gasteiger partial charge >= 0.3 is 0 Å². The summed E-state index contributed by atoms with van der Waals surface area (Å²) in [6, 6.07) is 40.0. The van der Waals surface area contributed by atoms with E-state index >= 15 is 0 Å². The maximum Gasteiger partial charge on any atom is 0.284 e. The van der Waals surface area contributed by atoms with E-state index in [1.54, 1.807) is 0 Å². The minimum atomic E-state index is 0.345. The first-order valence-corrected chi connectivity index (χ1v) is 11.1. The van der Waals surface area contributed by atoms with Crippen molar-refractivity contribution in [1.82, 2.24) is 9.97 Å². The van der Waals surface area contributed by atoms with Gasteiger partial charge in [0, 0.05) is 22.3 Å². The highest BCUT2D eigenvalue weighted by Crippen LogP contribution is 2.39. The molecule has 0 aliphatic rings. The van der Waals surface area contributed by atoms with E-state index in [1.807, 2.05) is 121 Å². The van der Waals surface area contributed by atoms with Crippen molar-refractivity contribution < 1.29 is 8.83 Å². The van der Waals surface area contributed by atoms with Crippen LogP contribution >= 0.6 is 0 Å². The number of hydrogen-bond donors (Lipinski definition) is 0. The Bertz CT molecular complexity index is 1290. The van der Waals surface area contributed by atoms with Gasteiger partial charge in [0.15, 0.2) is 11.5 Å². The average Bonchev–Trinajstić information content (AvgIpc) is 3.56. The fourth-order valence-corrected chi connectivity index (χ4v) is 3.98. The maximum atomic E-state index is 6.31. The molecule has 6 aromatic rings. The van der Waals surface area contributed by atoms with Crippen LogP contribution in [0.2, 0.25) is 0 Å². The van der Waals surface area contributed by atoms with Crippen LogP contribution in [-0.4, -0.2) is 9.97 Å². The first-order chi connectivity index (χ1) is 16.9. The van der Waals surface area contributed by atoms with Gasteiger partial charge in [-0.15, -0.1) is 0 Å². The largest absolute Gasteiger partial charge is 0.432 e. The van der Waals surface area contributed by atoms with Crippen LogP contribution in [0.5, 0.6) is 0 Å². The first-order valence-electron chi connectivity index (χ1n) is 11.1. The highest BCUT2D eigenvalue weighted by molar-refractivity contribution is 5.80. The molecule has 4 nitrogen and oxygen atoms in total. The summed E-state index contributed by atoms with van der Waals surface area (Å²) in [4.78, 5) is 9.69. The predicted octanol–water partition coefficient (Wildman–Crippen LogP) is 8.00. The third kappa shape index (κ3) is 3.71. The first kappa shape index (κ1) is 19.9. The van der Waals surface area contributed by atoms with E-state index in [0.29, 0.717) is 23.3 Å². The van der Waals surface area contributed by atoms with Gasteiger partial charge in [-0.05, 0) is 0 Å². The SMILES string of the molecule is c1ccc(-c2nc(-c3nc(-c4ccccc4)c(-c4ccccc4)o3)oc2-c2ccccc2)cc1. The molecule has 34 heavy (non-hydrogen) atoms. The Labute approximate surface area is 197 Å². The molecule has 162 valence electrons. The quantitative estimate of drug-likeness (QED) is 0.272. The third-order valence-corrected chi connectivity index (χ3v) is 5.60. The molecule has 0 fully saturated rings. The minimum Gasteiger partial charge on any atom is -0.432 e. The van der Waals surface area contributed by atoms with Gasteiger partial charge in [-0.1, -0.05) is 121 Å². The molecule has 2 aromatic heterocycles. The van der Waals surface area contributed by atoms with Crippen LogP contribution in [0.15, 0.2) is 130 Å². The van der Waals surface area contributed by atoms with Gasteiger partial charge in [0.2, 0.25) is 0 Å². The number of benzene rings is 4. The van der Waals surface area contributed by atoms with Crippen LogP contribution in [0.1, 0.15) is 0 Å². The lowest BCUT2D eigenvalue weighted by Gasteiger charge is -2.00. The monoisotopic (exact) mass is 440 g/mol. The van der Waals surface area contributed by atoms with Crippen molar-refractivity contribution in [2.75, 3.05) is 0 Å². The van der Waals surface area contributed by atoms with Crippen molar-refractivity contribution in [2.24, 2.45) is 0 Å². The molecule has 0 spiro atoms. The van der Waals surface area contributed by atoms with Gasteiger partial charge in [0.05, 0.1) is 0 Å². The number of oxazole rings is 2. The Morgan fingerprint density at radius 1 is 0.353 bits per heavy atom. The summed E-state index contributed by atoms with van der Waals surface area (Å²) >= 11 is 0. The molecular weight excluding hydrogens is 420 g/mol. The predicted molar refractivity (Wildman–Crippen MR) is 134 cm³/mol. The van der Waals surface area contributed by atoms with E-state index in [0.717, 1.165) is 33.6 Å². The van der Waals surface area contributed by atoms with E-state index in [1.165, 1.54) is 0 Å². The lowest BCUT2D eigenvalue weighted by Crippen LogP contribution is -1.83. The molecule has 0 bridgehead atoms. The summed E-state index contributed by atoms with van der Waals surface area (Å²) in [5.74, 6) is 2.05. The van der Waals surface area contributed by atoms with E-state index < -0.39 is 0 Å². The van der Waals surface area contributed by atoms with E-state index in [4.69, 9.17) is 18.8 Å². The van der Waals surface area contributed by atoms with Gasteiger partial charge in [0.25, 0.3) is 11.8 Å². The molecule has 0 unspecified atom stereocenters. The number of nitrogens with zero attached hydrogens (tertiary/aromatic N) is 2. The van der Waals surface area contributed by atoms with Crippen LogP contribution < -0.4 is 0 Å². The van der Waals surface area contributed by atoms with Crippen molar-refractivity contribution in [3.8, 4) is 56.9 Å². The zero-order chi connectivity index (χ0) is 22.7. The topological polar surface area (TPSA) is 52.1 Å². The second kappa shape index (κ2) is 8.68. The average molecular weight is 441 g/mol. The number of aromatic nitrogens is 2. The van der Waals surface area contributed by atoms with Crippen molar-refractivity contribution in [1.29, 1.82) is 0 Å². The molecule has 2 heterocycles. The fourth-order valence-electron chi connectivity index (χ4n) is 3.98. The van der Waals surface area contributed by atoms with Crippen LogP contribution in [0.4, 0.5) is 0 Å². The lowest BCUT2D eigenvalue weighted by molar-refractivity contribution is 0.523. The van der Waals surface area contributed by atoms with E-state index in [-0.39, 0.29) is 0 Å². The Morgan fingerprint density at radius 3 is 0.971 bits per heavy atom. The van der Waals surface area contributed by atoms with Crippen LogP contribution in [0.3, 0.4) is 0 Å². The molecule has 4 aromatic carbocycles. The summed E-state index contributed by atoms with van der Waals surface area (Å²) in [6.07, 6.45) is 0. The summed E-state index contributed by atoms with van der Waals surface area (Å²) in [5, 5.41) is 0. The maximum absolute atomic E-state index is 6.31. The molecule has 0 saturated carbocycles. The smallest absolute Gasteiger partial charge is 0.284 e.